The van der Waals surface area contributed by atoms with E-state index in [1.807, 2.05) is 20.8 Å². The van der Waals surface area contributed by atoms with Crippen LogP contribution in [0.2, 0.25) is 0 Å². The number of hydrogen-bond acceptors (Lipinski definition) is 3. The molecule has 1 amide bonds. The van der Waals surface area contributed by atoms with Gasteiger partial charge in [0.15, 0.2) is 0 Å². The first kappa shape index (κ1) is 16.9. The van der Waals surface area contributed by atoms with E-state index in [1.54, 1.807) is 11.8 Å². The summed E-state index contributed by atoms with van der Waals surface area (Å²) in [4.78, 5) is 11.9. The van der Waals surface area contributed by atoms with E-state index >= 15 is 0 Å². The van der Waals surface area contributed by atoms with Gasteiger partial charge in [0.2, 0.25) is 0 Å². The number of aryl methyl sites for hydroxylation is 1. The van der Waals surface area contributed by atoms with Crippen molar-refractivity contribution in [3.8, 4) is 0 Å². The van der Waals surface area contributed by atoms with Gasteiger partial charge in [-0.3, -0.25) is 0 Å². The van der Waals surface area contributed by atoms with Crippen molar-refractivity contribution in [1.82, 2.24) is 5.32 Å². The third-order valence-corrected chi connectivity index (χ3v) is 3.43. The number of ether oxygens (including phenoxy) is 1. The van der Waals surface area contributed by atoms with Gasteiger partial charge in [0, 0.05) is 0 Å². The normalized spacial score (nSPS) is 12.8. The van der Waals surface area contributed by atoms with Crippen LogP contribution in [-0.2, 0) is 4.74 Å². The van der Waals surface area contributed by atoms with Gasteiger partial charge in [-0.25, -0.2) is 4.79 Å². The van der Waals surface area contributed by atoms with Crippen LogP contribution in [-0.4, -0.2) is 23.7 Å². The maximum absolute atomic E-state index is 11.9. The van der Waals surface area contributed by atoms with Crippen LogP contribution in [0.25, 0.3) is 0 Å². The summed E-state index contributed by atoms with van der Waals surface area (Å²) in [6, 6.07) is 8.27. The van der Waals surface area contributed by atoms with Crippen LogP contribution in [0.4, 0.5) is 4.79 Å². The number of carbonyl (C=O) groups is 1. The average Bonchev–Trinajstić information content (AvgIpc) is 2.33. The summed E-state index contributed by atoms with van der Waals surface area (Å²) < 4.78 is 5.34. The molecule has 3 nitrogen and oxygen atoms in total. The van der Waals surface area contributed by atoms with Gasteiger partial charge in [-0.2, -0.15) is 11.8 Å². The molecule has 0 fully saturated rings. The second-order valence-corrected chi connectivity index (χ2v) is 6.88. The molecule has 0 aromatic heterocycles. The Morgan fingerprint density at radius 3 is 2.40 bits per heavy atom. The highest BCUT2D eigenvalue weighted by Gasteiger charge is 2.20. The molecule has 1 aromatic rings. The molecule has 0 saturated carbocycles. The Morgan fingerprint density at radius 2 is 1.90 bits per heavy atom. The fourth-order valence-corrected chi connectivity index (χ4v) is 2.28. The zero-order chi connectivity index (χ0) is 15.2. The molecule has 0 heterocycles. The topological polar surface area (TPSA) is 38.3 Å². The second kappa shape index (κ2) is 7.58. The molecule has 20 heavy (non-hydrogen) atoms. The summed E-state index contributed by atoms with van der Waals surface area (Å²) in [6.45, 7) is 7.67. The number of carbonyl (C=O) groups excluding carboxylic acids is 1. The second-order valence-electron chi connectivity index (χ2n) is 5.89. The van der Waals surface area contributed by atoms with Gasteiger partial charge in [0.1, 0.15) is 5.60 Å². The third-order valence-electron chi connectivity index (χ3n) is 2.78. The molecule has 0 aliphatic carbocycles. The van der Waals surface area contributed by atoms with E-state index < -0.39 is 5.60 Å². The van der Waals surface area contributed by atoms with Crippen LogP contribution in [0.3, 0.4) is 0 Å². The molecule has 1 unspecified atom stereocenters. The molecule has 1 N–H and O–H groups in total. The summed E-state index contributed by atoms with van der Waals surface area (Å²) in [6.07, 6.45) is 2.60. The number of thioether (sulfide) groups is 1. The molecule has 0 aliphatic heterocycles. The van der Waals surface area contributed by atoms with Crippen LogP contribution >= 0.6 is 11.8 Å². The molecule has 1 aromatic carbocycles. The van der Waals surface area contributed by atoms with Gasteiger partial charge < -0.3 is 10.1 Å². The van der Waals surface area contributed by atoms with Gasteiger partial charge in [0.05, 0.1) is 6.04 Å². The van der Waals surface area contributed by atoms with E-state index in [1.165, 1.54) is 5.56 Å². The minimum absolute atomic E-state index is 0.00194. The van der Waals surface area contributed by atoms with Crippen molar-refractivity contribution < 1.29 is 9.53 Å². The highest BCUT2D eigenvalue weighted by Crippen LogP contribution is 2.20. The number of nitrogens with one attached hydrogen (secondary N) is 1. The molecular formula is C16H25NO2S. The summed E-state index contributed by atoms with van der Waals surface area (Å²) in [7, 11) is 0. The van der Waals surface area contributed by atoms with Crippen LogP contribution in [0.1, 0.15) is 44.4 Å². The minimum Gasteiger partial charge on any atom is -0.444 e. The lowest BCUT2D eigenvalue weighted by molar-refractivity contribution is 0.0502. The highest BCUT2D eigenvalue weighted by atomic mass is 32.2. The number of rotatable bonds is 5. The molecular weight excluding hydrogens is 270 g/mol. The third kappa shape index (κ3) is 6.33. The average molecular weight is 295 g/mol. The fraction of sp³-hybridized carbons (Fsp3) is 0.562. The minimum atomic E-state index is -0.471. The Labute approximate surface area is 126 Å². The molecule has 112 valence electrons. The first-order chi connectivity index (χ1) is 9.31. The summed E-state index contributed by atoms with van der Waals surface area (Å²) in [5.74, 6) is 0.994. The number of hydrogen-bond donors (Lipinski definition) is 1. The molecule has 0 bridgehead atoms. The van der Waals surface area contributed by atoms with Crippen LogP contribution in [0, 0.1) is 6.92 Å². The van der Waals surface area contributed by atoms with Crippen molar-refractivity contribution in [3.63, 3.8) is 0 Å². The molecule has 1 atom stereocenters. The SMILES string of the molecule is CSCCC(NC(=O)OC(C)(C)C)c1ccc(C)cc1. The first-order valence-electron chi connectivity index (χ1n) is 6.87. The summed E-state index contributed by atoms with van der Waals surface area (Å²) in [5.41, 5.74) is 1.87. The highest BCUT2D eigenvalue weighted by molar-refractivity contribution is 7.98. The van der Waals surface area contributed by atoms with E-state index in [0.717, 1.165) is 17.7 Å². The Balaban J connectivity index is 2.74. The monoisotopic (exact) mass is 295 g/mol. The molecule has 1 rings (SSSR count). The molecule has 0 spiro atoms. The Bertz CT molecular complexity index is 423. The molecule has 0 saturated heterocycles. The van der Waals surface area contributed by atoms with E-state index in [-0.39, 0.29) is 12.1 Å². The predicted octanol–water partition coefficient (Wildman–Crippen LogP) is 4.31. The largest absolute Gasteiger partial charge is 0.444 e. The predicted molar refractivity (Wildman–Crippen MR) is 86.3 cm³/mol. The van der Waals surface area contributed by atoms with E-state index in [0.29, 0.717) is 0 Å². The van der Waals surface area contributed by atoms with Gasteiger partial charge in [-0.05, 0) is 51.7 Å². The van der Waals surface area contributed by atoms with Gasteiger partial charge in [-0.1, -0.05) is 29.8 Å². The summed E-state index contributed by atoms with van der Waals surface area (Å²) >= 11 is 1.78. The van der Waals surface area contributed by atoms with Crippen molar-refractivity contribution >= 4 is 17.9 Å². The van der Waals surface area contributed by atoms with E-state index in [2.05, 4.69) is 42.8 Å². The Kier molecular flexibility index (Phi) is 6.40. The lowest BCUT2D eigenvalue weighted by Crippen LogP contribution is -2.35. The van der Waals surface area contributed by atoms with Crippen molar-refractivity contribution in [2.45, 2.75) is 45.8 Å². The van der Waals surface area contributed by atoms with Crippen LogP contribution in [0.5, 0.6) is 0 Å². The zero-order valence-corrected chi connectivity index (χ0v) is 13.8. The maximum atomic E-state index is 11.9. The van der Waals surface area contributed by atoms with Crippen LogP contribution in [0.15, 0.2) is 24.3 Å². The Hall–Kier alpha value is -1.16. The first-order valence-corrected chi connectivity index (χ1v) is 8.26. The van der Waals surface area contributed by atoms with Crippen molar-refractivity contribution in [3.05, 3.63) is 35.4 Å². The van der Waals surface area contributed by atoms with Gasteiger partial charge in [-0.15, -0.1) is 0 Å². The maximum Gasteiger partial charge on any atom is 0.408 e. The summed E-state index contributed by atoms with van der Waals surface area (Å²) in [5, 5.41) is 2.97. The fourth-order valence-electron chi connectivity index (χ4n) is 1.81. The molecule has 4 heteroatoms. The standard InChI is InChI=1S/C16H25NO2S/c1-12-6-8-13(9-7-12)14(10-11-20-5)17-15(18)19-16(2,3)4/h6-9,14H,10-11H2,1-5H3,(H,17,18). The number of amides is 1. The lowest BCUT2D eigenvalue weighted by Gasteiger charge is -2.24. The zero-order valence-electron chi connectivity index (χ0n) is 13.0. The van der Waals surface area contributed by atoms with Crippen LogP contribution < -0.4 is 5.32 Å². The van der Waals surface area contributed by atoms with Crippen molar-refractivity contribution in [2.24, 2.45) is 0 Å². The lowest BCUT2D eigenvalue weighted by atomic mass is 10.0. The molecule has 0 aliphatic rings. The number of alkyl carbamates (subject to hydrolysis) is 1. The van der Waals surface area contributed by atoms with E-state index in [4.69, 9.17) is 4.74 Å². The van der Waals surface area contributed by atoms with Gasteiger partial charge in [0.25, 0.3) is 0 Å². The van der Waals surface area contributed by atoms with Crippen molar-refractivity contribution in [1.29, 1.82) is 0 Å². The Morgan fingerprint density at radius 1 is 1.30 bits per heavy atom. The quantitative estimate of drug-likeness (QED) is 0.879. The van der Waals surface area contributed by atoms with E-state index in [9.17, 15) is 4.79 Å². The number of benzene rings is 1. The molecule has 0 radical (unpaired) electrons. The smallest absolute Gasteiger partial charge is 0.408 e. The van der Waals surface area contributed by atoms with Crippen molar-refractivity contribution in [2.75, 3.05) is 12.0 Å². The van der Waals surface area contributed by atoms with Gasteiger partial charge >= 0.3 is 6.09 Å².